The number of aliphatic hydroxyl groups excluding tert-OH is 1. The summed E-state index contributed by atoms with van der Waals surface area (Å²) < 4.78 is 6.74. The molecule has 2 saturated heterocycles. The molecule has 0 bridgehead atoms. The standard InChI is InChI=1S/C32H33NO5/c1-5-30(6-2)29(36)33(25-16-15-19(3)17-20(25)4)31-26(23-13-9-10-14-24(23)28(31)35)27(38-32(30,31)37)22-12-8-7-11-21(22)18-34/h7-18,26-28,35,37H,5-6H2,1-4H3/t26-,27+,28-,31-,32+/m0/s1. The van der Waals surface area contributed by atoms with E-state index >= 15 is 0 Å². The summed E-state index contributed by atoms with van der Waals surface area (Å²) in [6.07, 6.45) is -0.550. The van der Waals surface area contributed by atoms with Gasteiger partial charge >= 0.3 is 0 Å². The molecule has 196 valence electrons. The Morgan fingerprint density at radius 1 is 0.947 bits per heavy atom. The van der Waals surface area contributed by atoms with Crippen LogP contribution in [0, 0.1) is 19.3 Å². The molecule has 0 aromatic heterocycles. The summed E-state index contributed by atoms with van der Waals surface area (Å²) >= 11 is 0. The van der Waals surface area contributed by atoms with Gasteiger partial charge in [0.2, 0.25) is 11.7 Å². The highest BCUT2D eigenvalue weighted by Crippen LogP contribution is 2.75. The van der Waals surface area contributed by atoms with E-state index in [4.69, 9.17) is 4.74 Å². The Hall–Kier alpha value is -3.32. The number of fused-ring (bicyclic) bond motifs is 2. The van der Waals surface area contributed by atoms with Crippen LogP contribution in [0.2, 0.25) is 0 Å². The number of anilines is 1. The first kappa shape index (κ1) is 25.0. The van der Waals surface area contributed by atoms with Crippen LogP contribution in [0.5, 0.6) is 0 Å². The van der Waals surface area contributed by atoms with Crippen molar-refractivity contribution in [3.63, 3.8) is 0 Å². The molecule has 2 fully saturated rings. The molecule has 5 atom stereocenters. The van der Waals surface area contributed by atoms with Crippen molar-refractivity contribution in [1.82, 2.24) is 0 Å². The van der Waals surface area contributed by atoms with Crippen LogP contribution < -0.4 is 4.90 Å². The second-order valence-electron chi connectivity index (χ2n) is 11.0. The second-order valence-corrected chi connectivity index (χ2v) is 11.0. The van der Waals surface area contributed by atoms with Gasteiger partial charge in [-0.05, 0) is 55.0 Å². The summed E-state index contributed by atoms with van der Waals surface area (Å²) in [5.74, 6) is -2.91. The molecule has 2 N–H and O–H groups in total. The summed E-state index contributed by atoms with van der Waals surface area (Å²) in [6, 6.07) is 20.6. The van der Waals surface area contributed by atoms with Crippen LogP contribution in [0.15, 0.2) is 66.7 Å². The number of benzene rings is 3. The van der Waals surface area contributed by atoms with Crippen molar-refractivity contribution in [3.8, 4) is 0 Å². The zero-order valence-corrected chi connectivity index (χ0v) is 22.1. The molecule has 0 unspecified atom stereocenters. The summed E-state index contributed by atoms with van der Waals surface area (Å²) in [6.45, 7) is 7.71. The zero-order chi connectivity index (χ0) is 27.0. The summed E-state index contributed by atoms with van der Waals surface area (Å²) in [5, 5.41) is 25.2. The monoisotopic (exact) mass is 511 g/mol. The Bertz CT molecular complexity index is 1460. The van der Waals surface area contributed by atoms with Crippen molar-refractivity contribution in [2.24, 2.45) is 5.41 Å². The minimum absolute atomic E-state index is 0.254. The highest BCUT2D eigenvalue weighted by Gasteiger charge is 2.86. The minimum atomic E-state index is -2.04. The number of carbonyl (C=O) groups excluding carboxylic acids is 2. The molecule has 3 aromatic rings. The van der Waals surface area contributed by atoms with E-state index in [9.17, 15) is 19.8 Å². The fraction of sp³-hybridized carbons (Fsp3) is 0.375. The van der Waals surface area contributed by atoms with Gasteiger partial charge in [-0.15, -0.1) is 0 Å². The third-order valence-corrected chi connectivity index (χ3v) is 9.52. The van der Waals surface area contributed by atoms with Gasteiger partial charge in [-0.2, -0.15) is 0 Å². The van der Waals surface area contributed by atoms with Crippen LogP contribution in [0.3, 0.4) is 0 Å². The molecule has 3 aromatic carbocycles. The minimum Gasteiger partial charge on any atom is -0.386 e. The lowest BCUT2D eigenvalue weighted by molar-refractivity contribution is -0.275. The van der Waals surface area contributed by atoms with E-state index in [1.807, 2.05) is 82.3 Å². The van der Waals surface area contributed by atoms with Crippen LogP contribution >= 0.6 is 0 Å². The molecule has 2 heterocycles. The Morgan fingerprint density at radius 3 is 2.21 bits per heavy atom. The number of nitrogens with zero attached hydrogens (tertiary/aromatic N) is 1. The molecule has 0 saturated carbocycles. The fourth-order valence-electron chi connectivity index (χ4n) is 7.78. The van der Waals surface area contributed by atoms with Crippen molar-refractivity contribution in [2.45, 2.75) is 70.0 Å². The lowest BCUT2D eigenvalue weighted by Gasteiger charge is -2.45. The summed E-state index contributed by atoms with van der Waals surface area (Å²) in [7, 11) is 0. The molecule has 1 aliphatic carbocycles. The van der Waals surface area contributed by atoms with E-state index in [-0.39, 0.29) is 5.91 Å². The van der Waals surface area contributed by atoms with Crippen LogP contribution in [-0.2, 0) is 9.53 Å². The maximum absolute atomic E-state index is 14.7. The molecule has 1 amide bonds. The predicted molar refractivity (Wildman–Crippen MR) is 144 cm³/mol. The third kappa shape index (κ3) is 2.68. The average Bonchev–Trinajstić information content (AvgIpc) is 3.41. The molecule has 1 spiro atoms. The van der Waals surface area contributed by atoms with E-state index in [0.29, 0.717) is 35.2 Å². The van der Waals surface area contributed by atoms with Gasteiger partial charge in [0, 0.05) is 17.2 Å². The molecule has 6 nitrogen and oxygen atoms in total. The van der Waals surface area contributed by atoms with Gasteiger partial charge in [0.15, 0.2) is 0 Å². The van der Waals surface area contributed by atoms with E-state index in [1.165, 1.54) is 0 Å². The topological polar surface area (TPSA) is 87.1 Å². The van der Waals surface area contributed by atoms with Crippen LogP contribution in [0.25, 0.3) is 0 Å². The number of ether oxygens (including phenoxy) is 1. The molecule has 6 heteroatoms. The summed E-state index contributed by atoms with van der Waals surface area (Å²) in [5.41, 5.74) is 2.28. The maximum atomic E-state index is 14.7. The highest BCUT2D eigenvalue weighted by molar-refractivity contribution is 6.05. The molecule has 2 aliphatic heterocycles. The first-order chi connectivity index (χ1) is 18.2. The number of aldehydes is 1. The van der Waals surface area contributed by atoms with E-state index < -0.39 is 34.9 Å². The van der Waals surface area contributed by atoms with Gasteiger partial charge in [-0.1, -0.05) is 80.1 Å². The largest absolute Gasteiger partial charge is 0.386 e. The fourth-order valence-corrected chi connectivity index (χ4v) is 7.78. The Labute approximate surface area is 222 Å². The van der Waals surface area contributed by atoms with Crippen molar-refractivity contribution >= 4 is 17.9 Å². The number of hydrogen-bond acceptors (Lipinski definition) is 5. The first-order valence-corrected chi connectivity index (χ1v) is 13.4. The van der Waals surface area contributed by atoms with Gasteiger partial charge in [0.05, 0.1) is 6.10 Å². The molecule has 6 rings (SSSR count). The highest BCUT2D eigenvalue weighted by atomic mass is 16.6. The van der Waals surface area contributed by atoms with Crippen molar-refractivity contribution in [2.75, 3.05) is 4.90 Å². The smallest absolute Gasteiger partial charge is 0.239 e. The number of carbonyl (C=O) groups is 2. The van der Waals surface area contributed by atoms with Gasteiger partial charge in [-0.25, -0.2) is 0 Å². The molecule has 38 heavy (non-hydrogen) atoms. The summed E-state index contributed by atoms with van der Waals surface area (Å²) in [4.78, 5) is 28.5. The van der Waals surface area contributed by atoms with E-state index in [2.05, 4.69) is 0 Å². The number of aryl methyl sites for hydroxylation is 2. The van der Waals surface area contributed by atoms with E-state index in [0.717, 1.165) is 23.0 Å². The van der Waals surface area contributed by atoms with Crippen molar-refractivity contribution < 1.29 is 24.5 Å². The zero-order valence-electron chi connectivity index (χ0n) is 22.1. The average molecular weight is 512 g/mol. The lowest BCUT2D eigenvalue weighted by atomic mass is 9.66. The Balaban J connectivity index is 1.74. The van der Waals surface area contributed by atoms with Crippen LogP contribution in [-0.4, -0.2) is 33.7 Å². The van der Waals surface area contributed by atoms with Gasteiger partial charge < -0.3 is 14.9 Å². The molecule has 0 radical (unpaired) electrons. The SMILES string of the molecule is CCC1(CC)C(=O)N(c2ccc(C)cc2C)[C@]23[C@@H](O)c4ccccc4[C@H]2[C@@H](c2ccccc2C=O)O[C@]13O. The van der Waals surface area contributed by atoms with Gasteiger partial charge in [0.25, 0.3) is 0 Å². The lowest BCUT2D eigenvalue weighted by Crippen LogP contribution is -2.63. The number of rotatable bonds is 5. The first-order valence-electron chi connectivity index (χ1n) is 13.4. The number of hydrogen-bond donors (Lipinski definition) is 2. The quantitative estimate of drug-likeness (QED) is 0.454. The number of amides is 1. The molecule has 3 aliphatic rings. The van der Waals surface area contributed by atoms with Crippen LogP contribution in [0.4, 0.5) is 5.69 Å². The van der Waals surface area contributed by atoms with E-state index in [1.54, 1.807) is 17.0 Å². The third-order valence-electron chi connectivity index (χ3n) is 9.52. The van der Waals surface area contributed by atoms with Crippen molar-refractivity contribution in [1.29, 1.82) is 0 Å². The van der Waals surface area contributed by atoms with Crippen LogP contribution in [0.1, 0.15) is 83.0 Å². The predicted octanol–water partition coefficient (Wildman–Crippen LogP) is 5.30. The Morgan fingerprint density at radius 2 is 1.58 bits per heavy atom. The second kappa shape index (κ2) is 8.34. The Kier molecular flexibility index (Phi) is 5.48. The van der Waals surface area contributed by atoms with Gasteiger partial charge in [-0.3, -0.25) is 14.5 Å². The van der Waals surface area contributed by atoms with Crippen molar-refractivity contribution in [3.05, 3.63) is 100 Å². The normalized spacial score (nSPS) is 30.7. The van der Waals surface area contributed by atoms with Gasteiger partial charge in [0.1, 0.15) is 23.3 Å². The number of aliphatic hydroxyl groups is 2. The maximum Gasteiger partial charge on any atom is 0.239 e. The molecular formula is C32H33NO5. The molecular weight excluding hydrogens is 478 g/mol.